The van der Waals surface area contributed by atoms with Gasteiger partial charge in [-0.25, -0.2) is 4.79 Å². The maximum Gasteiger partial charge on any atom is 0.336 e. The number of hydrogen-bond acceptors (Lipinski definition) is 4. The molecule has 2 N–H and O–H groups in total. The second-order valence-corrected chi connectivity index (χ2v) is 6.32. The van der Waals surface area contributed by atoms with E-state index in [2.05, 4.69) is 22.9 Å². The van der Waals surface area contributed by atoms with Gasteiger partial charge in [0, 0.05) is 21.7 Å². The molecule has 1 unspecified atom stereocenters. The fraction of sp³-hybridized carbons (Fsp3) is 0.500. The van der Waals surface area contributed by atoms with Crippen molar-refractivity contribution in [1.82, 2.24) is 0 Å². The van der Waals surface area contributed by atoms with Gasteiger partial charge in [0.25, 0.3) is 0 Å². The molecule has 0 amide bonds. The van der Waals surface area contributed by atoms with E-state index in [9.17, 15) is 9.90 Å². The van der Waals surface area contributed by atoms with Crippen molar-refractivity contribution in [3.05, 3.63) is 28.2 Å². The Morgan fingerprint density at radius 1 is 1.50 bits per heavy atom. The molecule has 0 aliphatic rings. The first-order chi connectivity index (χ1) is 9.54. The normalized spacial score (nSPS) is 12.3. The lowest BCUT2D eigenvalue weighted by Gasteiger charge is -2.12. The Hall–Kier alpha value is -0.560. The first-order valence-corrected chi connectivity index (χ1v) is 8.24. The third-order valence-electron chi connectivity index (χ3n) is 2.56. The van der Waals surface area contributed by atoms with Crippen molar-refractivity contribution in [2.45, 2.75) is 30.8 Å². The summed E-state index contributed by atoms with van der Waals surface area (Å²) in [6, 6.07) is 5.00. The number of aliphatic hydroxyl groups excluding tert-OH is 1. The first kappa shape index (κ1) is 17.5. The van der Waals surface area contributed by atoms with Crippen LogP contribution in [-0.2, 0) is 4.74 Å². The van der Waals surface area contributed by atoms with E-state index in [0.717, 1.165) is 17.3 Å². The van der Waals surface area contributed by atoms with Crippen molar-refractivity contribution < 1.29 is 19.7 Å². The van der Waals surface area contributed by atoms with Crippen LogP contribution in [0.15, 0.2) is 27.6 Å². The monoisotopic (exact) mass is 362 g/mol. The zero-order valence-electron chi connectivity index (χ0n) is 11.3. The minimum absolute atomic E-state index is 0.248. The fourth-order valence-electron chi connectivity index (χ4n) is 1.49. The molecule has 1 aromatic carbocycles. The second-order valence-electron chi connectivity index (χ2n) is 4.34. The number of unbranched alkanes of at least 4 members (excludes halogenated alkanes) is 1. The van der Waals surface area contributed by atoms with Gasteiger partial charge in [0.05, 0.1) is 18.3 Å². The number of benzene rings is 1. The zero-order chi connectivity index (χ0) is 15.0. The average molecular weight is 363 g/mol. The number of aromatic carboxylic acids is 1. The second kappa shape index (κ2) is 9.39. The summed E-state index contributed by atoms with van der Waals surface area (Å²) < 4.78 is 6.15. The highest BCUT2D eigenvalue weighted by atomic mass is 79.9. The highest BCUT2D eigenvalue weighted by Gasteiger charge is 2.13. The Morgan fingerprint density at radius 3 is 2.90 bits per heavy atom. The minimum Gasteiger partial charge on any atom is -0.478 e. The van der Waals surface area contributed by atoms with Gasteiger partial charge in [-0.2, -0.15) is 0 Å². The number of carboxylic acid groups (broad SMARTS) is 1. The van der Waals surface area contributed by atoms with Gasteiger partial charge in [0.2, 0.25) is 0 Å². The van der Waals surface area contributed by atoms with Crippen LogP contribution in [0.1, 0.15) is 30.1 Å². The van der Waals surface area contributed by atoms with Crippen LogP contribution in [0.2, 0.25) is 0 Å². The van der Waals surface area contributed by atoms with Crippen LogP contribution in [0.3, 0.4) is 0 Å². The summed E-state index contributed by atoms with van der Waals surface area (Å²) in [5.74, 6) is -0.559. The van der Waals surface area contributed by atoms with Gasteiger partial charge in [0.1, 0.15) is 0 Å². The van der Waals surface area contributed by atoms with Crippen LogP contribution in [-0.4, -0.2) is 41.3 Å². The third kappa shape index (κ3) is 6.26. The van der Waals surface area contributed by atoms with E-state index >= 15 is 0 Å². The summed E-state index contributed by atoms with van der Waals surface area (Å²) in [6.45, 7) is 3.01. The summed E-state index contributed by atoms with van der Waals surface area (Å²) in [5.41, 5.74) is 0.248. The Balaban J connectivity index is 2.48. The number of aliphatic hydroxyl groups is 1. The maximum atomic E-state index is 11.1. The summed E-state index contributed by atoms with van der Waals surface area (Å²) in [6.07, 6.45) is 1.44. The molecule has 1 aromatic rings. The molecule has 0 saturated heterocycles. The van der Waals surface area contributed by atoms with E-state index in [1.807, 2.05) is 0 Å². The smallest absolute Gasteiger partial charge is 0.336 e. The third-order valence-corrected chi connectivity index (χ3v) is 4.25. The standard InChI is InChI=1S/C14H19BrO4S/c1-2-3-6-19-8-11(16)9-20-13-7-10(15)4-5-12(13)14(17)18/h4-5,7,11,16H,2-3,6,8-9H2,1H3,(H,17,18). The van der Waals surface area contributed by atoms with Crippen molar-refractivity contribution in [3.63, 3.8) is 0 Å². The molecule has 0 heterocycles. The van der Waals surface area contributed by atoms with E-state index < -0.39 is 12.1 Å². The number of halogens is 1. The van der Waals surface area contributed by atoms with Crippen molar-refractivity contribution in [2.75, 3.05) is 19.0 Å². The molecule has 0 saturated carbocycles. The lowest BCUT2D eigenvalue weighted by atomic mass is 10.2. The quantitative estimate of drug-likeness (QED) is 0.520. The van der Waals surface area contributed by atoms with Gasteiger partial charge < -0.3 is 14.9 Å². The Bertz CT molecular complexity index is 439. The number of hydrogen-bond donors (Lipinski definition) is 2. The van der Waals surface area contributed by atoms with Gasteiger partial charge in [-0.05, 0) is 24.6 Å². The molecule has 0 spiro atoms. The highest BCUT2D eigenvalue weighted by Crippen LogP contribution is 2.27. The Morgan fingerprint density at radius 2 is 2.25 bits per heavy atom. The SMILES string of the molecule is CCCCOCC(O)CSc1cc(Br)ccc1C(=O)O. The van der Waals surface area contributed by atoms with E-state index in [1.165, 1.54) is 11.8 Å². The number of carbonyl (C=O) groups is 1. The van der Waals surface area contributed by atoms with Crippen LogP contribution >= 0.6 is 27.7 Å². The minimum atomic E-state index is -0.964. The molecule has 0 aliphatic heterocycles. The average Bonchev–Trinajstić information content (AvgIpc) is 2.41. The molecule has 112 valence electrons. The van der Waals surface area contributed by atoms with Gasteiger partial charge in [-0.15, -0.1) is 11.8 Å². The Labute approximate surface area is 131 Å². The highest BCUT2D eigenvalue weighted by molar-refractivity contribution is 9.10. The maximum absolute atomic E-state index is 11.1. The van der Waals surface area contributed by atoms with Gasteiger partial charge >= 0.3 is 5.97 Å². The lowest BCUT2D eigenvalue weighted by molar-refractivity contribution is 0.0473. The lowest BCUT2D eigenvalue weighted by Crippen LogP contribution is -2.18. The number of rotatable bonds is 9. The molecule has 0 fully saturated rings. The predicted molar refractivity (Wildman–Crippen MR) is 83.6 cm³/mol. The first-order valence-electron chi connectivity index (χ1n) is 6.46. The fourth-order valence-corrected chi connectivity index (χ4v) is 2.99. The summed E-state index contributed by atoms with van der Waals surface area (Å²) >= 11 is 4.64. The summed E-state index contributed by atoms with van der Waals surface area (Å²) in [4.78, 5) is 11.7. The molecule has 4 nitrogen and oxygen atoms in total. The van der Waals surface area contributed by atoms with Crippen molar-refractivity contribution in [3.8, 4) is 0 Å². The van der Waals surface area contributed by atoms with E-state index in [0.29, 0.717) is 17.3 Å². The molecule has 1 atom stereocenters. The molecule has 0 aliphatic carbocycles. The van der Waals surface area contributed by atoms with Crippen molar-refractivity contribution in [2.24, 2.45) is 0 Å². The van der Waals surface area contributed by atoms with Gasteiger partial charge in [-0.1, -0.05) is 29.3 Å². The molecule has 0 aromatic heterocycles. The van der Waals surface area contributed by atoms with Gasteiger partial charge in [0.15, 0.2) is 0 Å². The molecule has 1 rings (SSSR count). The molecule has 0 bridgehead atoms. The van der Waals surface area contributed by atoms with Crippen molar-refractivity contribution in [1.29, 1.82) is 0 Å². The number of ether oxygens (including phenoxy) is 1. The number of carboxylic acids is 1. The molecule has 0 radical (unpaired) electrons. The van der Waals surface area contributed by atoms with Crippen LogP contribution in [0.25, 0.3) is 0 Å². The van der Waals surface area contributed by atoms with E-state index in [-0.39, 0.29) is 12.2 Å². The number of thioether (sulfide) groups is 1. The van der Waals surface area contributed by atoms with Crippen LogP contribution in [0.4, 0.5) is 0 Å². The van der Waals surface area contributed by atoms with Crippen LogP contribution < -0.4 is 0 Å². The zero-order valence-corrected chi connectivity index (χ0v) is 13.7. The molecule has 20 heavy (non-hydrogen) atoms. The largest absolute Gasteiger partial charge is 0.478 e. The van der Waals surface area contributed by atoms with E-state index in [4.69, 9.17) is 9.84 Å². The van der Waals surface area contributed by atoms with Gasteiger partial charge in [-0.3, -0.25) is 0 Å². The topological polar surface area (TPSA) is 66.8 Å². The summed E-state index contributed by atoms with van der Waals surface area (Å²) in [7, 11) is 0. The van der Waals surface area contributed by atoms with E-state index in [1.54, 1.807) is 18.2 Å². The molecule has 6 heteroatoms. The predicted octanol–water partition coefficient (Wildman–Crippen LogP) is 3.42. The molecular formula is C14H19BrO4S. The summed E-state index contributed by atoms with van der Waals surface area (Å²) in [5, 5.41) is 18.9. The molecular weight excluding hydrogens is 344 g/mol. The Kier molecular flexibility index (Phi) is 8.21. The van der Waals surface area contributed by atoms with Crippen LogP contribution in [0, 0.1) is 0 Å². The van der Waals surface area contributed by atoms with Crippen LogP contribution in [0.5, 0.6) is 0 Å². The van der Waals surface area contributed by atoms with Crippen molar-refractivity contribution >= 4 is 33.7 Å².